The number of hydrogen-bond donors (Lipinski definition) is 3. The largest absolute Gasteiger partial charge is 0.467 e. The second-order valence-corrected chi connectivity index (χ2v) is 4.62. The fourth-order valence-electron chi connectivity index (χ4n) is 1.71. The van der Waals surface area contributed by atoms with Crippen molar-refractivity contribution < 1.29 is 23.2 Å². The Morgan fingerprint density at radius 2 is 1.70 bits per heavy atom. The van der Waals surface area contributed by atoms with Crippen LogP contribution < -0.4 is 16.0 Å². The molecule has 23 heavy (non-hydrogen) atoms. The summed E-state index contributed by atoms with van der Waals surface area (Å²) in [6.07, 6.45) is 2.97. The van der Waals surface area contributed by atoms with Gasteiger partial charge in [0.25, 0.3) is 5.91 Å². The molecule has 0 bridgehead atoms. The Balaban J connectivity index is 1.56. The highest BCUT2D eigenvalue weighted by Crippen LogP contribution is 1.99. The number of carbonyl (C=O) groups is 3. The molecule has 8 nitrogen and oxygen atoms in total. The molecular formula is C15H17N3O5. The van der Waals surface area contributed by atoms with Crippen LogP contribution in [-0.2, 0) is 16.1 Å². The topological polar surface area (TPSA) is 114 Å². The summed E-state index contributed by atoms with van der Waals surface area (Å²) in [5, 5.41) is 7.61. The first-order valence-electron chi connectivity index (χ1n) is 7.02. The van der Waals surface area contributed by atoms with E-state index >= 15 is 0 Å². The first-order chi connectivity index (χ1) is 11.1. The van der Waals surface area contributed by atoms with Crippen molar-refractivity contribution in [3.05, 3.63) is 48.3 Å². The molecule has 0 saturated heterocycles. The molecule has 122 valence electrons. The minimum Gasteiger partial charge on any atom is -0.467 e. The van der Waals surface area contributed by atoms with Crippen LogP contribution in [0.2, 0.25) is 0 Å². The van der Waals surface area contributed by atoms with Gasteiger partial charge in [-0.1, -0.05) is 0 Å². The minimum atomic E-state index is -0.390. The second kappa shape index (κ2) is 8.42. The van der Waals surface area contributed by atoms with Crippen LogP contribution in [0.3, 0.4) is 0 Å². The van der Waals surface area contributed by atoms with Crippen molar-refractivity contribution in [3.8, 4) is 0 Å². The Kier molecular flexibility index (Phi) is 5.98. The van der Waals surface area contributed by atoms with Crippen molar-refractivity contribution in [2.45, 2.75) is 13.0 Å². The molecule has 0 aromatic carbocycles. The van der Waals surface area contributed by atoms with E-state index < -0.39 is 0 Å². The number of nitrogens with one attached hydrogen (secondary N) is 3. The molecule has 3 amide bonds. The number of carbonyl (C=O) groups excluding carboxylic acids is 3. The van der Waals surface area contributed by atoms with Gasteiger partial charge in [-0.2, -0.15) is 0 Å². The molecule has 2 aromatic heterocycles. The predicted octanol–water partition coefficient (Wildman–Crippen LogP) is 0.425. The van der Waals surface area contributed by atoms with Crippen molar-refractivity contribution in [2.24, 2.45) is 0 Å². The fourth-order valence-corrected chi connectivity index (χ4v) is 1.71. The molecule has 0 atom stereocenters. The van der Waals surface area contributed by atoms with Crippen LogP contribution in [-0.4, -0.2) is 30.8 Å². The molecule has 2 heterocycles. The van der Waals surface area contributed by atoms with Crippen LogP contribution in [0.15, 0.2) is 45.6 Å². The summed E-state index contributed by atoms with van der Waals surface area (Å²) >= 11 is 0. The summed E-state index contributed by atoms with van der Waals surface area (Å²) in [4.78, 5) is 34.6. The average molecular weight is 319 g/mol. The molecule has 0 aliphatic heterocycles. The molecule has 2 rings (SSSR count). The predicted molar refractivity (Wildman–Crippen MR) is 79.2 cm³/mol. The van der Waals surface area contributed by atoms with Crippen molar-refractivity contribution in [1.82, 2.24) is 16.0 Å². The van der Waals surface area contributed by atoms with Crippen LogP contribution in [0.5, 0.6) is 0 Å². The van der Waals surface area contributed by atoms with E-state index in [1.807, 2.05) is 0 Å². The summed E-state index contributed by atoms with van der Waals surface area (Å²) in [6.45, 7) is 0.284. The van der Waals surface area contributed by atoms with Crippen LogP contribution >= 0.6 is 0 Å². The van der Waals surface area contributed by atoms with Crippen LogP contribution in [0, 0.1) is 0 Å². The van der Waals surface area contributed by atoms with Crippen molar-refractivity contribution in [1.29, 1.82) is 0 Å². The average Bonchev–Trinajstić information content (AvgIpc) is 3.23. The molecule has 3 N–H and O–H groups in total. The fraction of sp³-hybridized carbons (Fsp3) is 0.267. The van der Waals surface area contributed by atoms with E-state index in [0.29, 0.717) is 5.76 Å². The van der Waals surface area contributed by atoms with E-state index in [4.69, 9.17) is 8.83 Å². The Bertz CT molecular complexity index is 634. The van der Waals surface area contributed by atoms with Crippen LogP contribution in [0.4, 0.5) is 0 Å². The van der Waals surface area contributed by atoms with Gasteiger partial charge in [-0.15, -0.1) is 0 Å². The smallest absolute Gasteiger partial charge is 0.286 e. The summed E-state index contributed by atoms with van der Waals surface area (Å²) in [7, 11) is 0. The van der Waals surface area contributed by atoms with E-state index in [9.17, 15) is 14.4 Å². The van der Waals surface area contributed by atoms with Gasteiger partial charge in [0, 0.05) is 13.0 Å². The van der Waals surface area contributed by atoms with Gasteiger partial charge in [0.05, 0.1) is 25.6 Å². The molecule has 0 aliphatic carbocycles. The second-order valence-electron chi connectivity index (χ2n) is 4.62. The van der Waals surface area contributed by atoms with E-state index in [1.165, 1.54) is 18.6 Å². The number of furan rings is 2. The standard InChI is InChI=1S/C15H17N3O5/c19-13(5-6-16-15(21)12-4-2-8-23-12)18-10-14(20)17-9-11-3-1-7-22-11/h1-4,7-8H,5-6,9-10H2,(H,16,21)(H,17,20)(H,18,19). The SMILES string of the molecule is O=C(CCNC(=O)c1ccco1)NCC(=O)NCc1ccco1. The Hall–Kier alpha value is -3.03. The quantitative estimate of drug-likeness (QED) is 0.653. The maximum atomic E-state index is 11.6. The Labute approximate surface area is 132 Å². The Morgan fingerprint density at radius 1 is 0.913 bits per heavy atom. The zero-order chi connectivity index (χ0) is 16.5. The van der Waals surface area contributed by atoms with Crippen molar-refractivity contribution in [2.75, 3.05) is 13.1 Å². The van der Waals surface area contributed by atoms with Gasteiger partial charge >= 0.3 is 0 Å². The van der Waals surface area contributed by atoms with E-state index in [-0.39, 0.29) is 49.5 Å². The molecule has 0 unspecified atom stereocenters. The zero-order valence-electron chi connectivity index (χ0n) is 12.3. The molecule has 0 saturated carbocycles. The number of amides is 3. The third-order valence-electron chi connectivity index (χ3n) is 2.87. The lowest BCUT2D eigenvalue weighted by Gasteiger charge is -2.06. The maximum absolute atomic E-state index is 11.6. The summed E-state index contributed by atoms with van der Waals surface area (Å²) < 4.78 is 9.98. The van der Waals surface area contributed by atoms with Crippen molar-refractivity contribution >= 4 is 17.7 Å². The molecule has 0 aliphatic rings. The number of hydrogen-bond acceptors (Lipinski definition) is 5. The first kappa shape index (κ1) is 16.3. The summed E-state index contributed by atoms with van der Waals surface area (Å²) in [6, 6.07) is 6.59. The highest BCUT2D eigenvalue weighted by atomic mass is 16.3. The molecule has 8 heteroatoms. The lowest BCUT2D eigenvalue weighted by Crippen LogP contribution is -2.38. The third kappa shape index (κ3) is 5.70. The lowest BCUT2D eigenvalue weighted by molar-refractivity contribution is -0.126. The van der Waals surface area contributed by atoms with Gasteiger partial charge in [-0.05, 0) is 24.3 Å². The van der Waals surface area contributed by atoms with Gasteiger partial charge in [0.15, 0.2) is 5.76 Å². The molecule has 0 spiro atoms. The first-order valence-corrected chi connectivity index (χ1v) is 7.02. The molecule has 2 aromatic rings. The number of rotatable bonds is 8. The maximum Gasteiger partial charge on any atom is 0.286 e. The monoisotopic (exact) mass is 319 g/mol. The Morgan fingerprint density at radius 3 is 2.39 bits per heavy atom. The van der Waals surface area contributed by atoms with Crippen LogP contribution in [0.25, 0.3) is 0 Å². The van der Waals surface area contributed by atoms with E-state index in [2.05, 4.69) is 16.0 Å². The normalized spacial score (nSPS) is 10.1. The van der Waals surface area contributed by atoms with Crippen LogP contribution in [0.1, 0.15) is 22.7 Å². The molecule has 0 radical (unpaired) electrons. The van der Waals surface area contributed by atoms with Gasteiger partial charge in [0.1, 0.15) is 5.76 Å². The highest BCUT2D eigenvalue weighted by Gasteiger charge is 2.09. The van der Waals surface area contributed by atoms with E-state index in [0.717, 1.165) is 0 Å². The zero-order valence-corrected chi connectivity index (χ0v) is 12.3. The highest BCUT2D eigenvalue weighted by molar-refractivity contribution is 5.91. The van der Waals surface area contributed by atoms with Gasteiger partial charge < -0.3 is 24.8 Å². The van der Waals surface area contributed by atoms with E-state index in [1.54, 1.807) is 18.2 Å². The summed E-state index contributed by atoms with van der Waals surface area (Å²) in [5.41, 5.74) is 0. The minimum absolute atomic E-state index is 0.0674. The van der Waals surface area contributed by atoms with Crippen molar-refractivity contribution in [3.63, 3.8) is 0 Å². The molecular weight excluding hydrogens is 302 g/mol. The van der Waals surface area contributed by atoms with Gasteiger partial charge in [-0.25, -0.2) is 0 Å². The van der Waals surface area contributed by atoms with Gasteiger partial charge in [0.2, 0.25) is 11.8 Å². The lowest BCUT2D eigenvalue weighted by atomic mass is 10.3. The van der Waals surface area contributed by atoms with Gasteiger partial charge in [-0.3, -0.25) is 14.4 Å². The third-order valence-corrected chi connectivity index (χ3v) is 2.87. The summed E-state index contributed by atoms with van der Waals surface area (Å²) in [5.74, 6) is -0.237. The molecule has 0 fully saturated rings.